The van der Waals surface area contributed by atoms with Crippen LogP contribution >= 0.6 is 0 Å². The van der Waals surface area contributed by atoms with E-state index < -0.39 is 17.5 Å². The van der Waals surface area contributed by atoms with E-state index in [4.69, 9.17) is 4.74 Å². The summed E-state index contributed by atoms with van der Waals surface area (Å²) in [5.74, 6) is -3.95. The fraction of sp³-hybridized carbons (Fsp3) is 0.250. The third-order valence-corrected chi connectivity index (χ3v) is 1.27. The molecule has 0 fully saturated rings. The molecule has 0 unspecified atom stereocenters. The smallest absolute Gasteiger partial charge is 0.194 e. The fourth-order valence-corrected chi connectivity index (χ4v) is 0.782. The van der Waals surface area contributed by atoms with Gasteiger partial charge in [-0.1, -0.05) is 0 Å². The van der Waals surface area contributed by atoms with Crippen LogP contribution in [-0.2, 0) is 0 Å². The van der Waals surface area contributed by atoms with Gasteiger partial charge in [0.25, 0.3) is 0 Å². The molecule has 0 aliphatic heterocycles. The van der Waals surface area contributed by atoms with E-state index in [0.29, 0.717) is 0 Å². The number of hydrogen-bond donors (Lipinski definition) is 0. The van der Waals surface area contributed by atoms with Crippen LogP contribution in [0.2, 0.25) is 0 Å². The lowest BCUT2D eigenvalue weighted by Crippen LogP contribution is -1.96. The molecule has 1 aromatic carbocycles. The summed E-state index contributed by atoms with van der Waals surface area (Å²) >= 11 is 0. The van der Waals surface area contributed by atoms with E-state index in [-0.39, 0.29) is 12.4 Å². The van der Waals surface area contributed by atoms with Crippen molar-refractivity contribution in [3.63, 3.8) is 0 Å². The second kappa shape index (κ2) is 3.47. The van der Waals surface area contributed by atoms with E-state index in [1.54, 1.807) is 6.92 Å². The molecule has 0 atom stereocenters. The Morgan fingerprint density at radius 1 is 1.17 bits per heavy atom. The first kappa shape index (κ1) is 8.90. The average Bonchev–Trinajstić information content (AvgIpc) is 2.01. The Kier molecular flexibility index (Phi) is 2.58. The summed E-state index contributed by atoms with van der Waals surface area (Å²) < 4.78 is 42.1. The van der Waals surface area contributed by atoms with E-state index in [9.17, 15) is 13.2 Å². The molecule has 0 radical (unpaired) electrons. The van der Waals surface area contributed by atoms with Gasteiger partial charge in [0.2, 0.25) is 0 Å². The van der Waals surface area contributed by atoms with E-state index in [1.165, 1.54) is 0 Å². The Morgan fingerprint density at radius 2 is 1.67 bits per heavy atom. The van der Waals surface area contributed by atoms with Gasteiger partial charge >= 0.3 is 0 Å². The summed E-state index contributed by atoms with van der Waals surface area (Å²) in [5.41, 5.74) is 0. The number of rotatable bonds is 2. The Labute approximate surface area is 67.8 Å². The monoisotopic (exact) mass is 176 g/mol. The normalized spacial score (nSPS) is 10.0. The van der Waals surface area contributed by atoms with Crippen molar-refractivity contribution < 1.29 is 17.9 Å². The zero-order valence-corrected chi connectivity index (χ0v) is 6.40. The van der Waals surface area contributed by atoms with Crippen molar-refractivity contribution >= 4 is 0 Å². The van der Waals surface area contributed by atoms with Crippen molar-refractivity contribution in [2.45, 2.75) is 6.92 Å². The minimum Gasteiger partial charge on any atom is -0.494 e. The molecule has 0 amide bonds. The van der Waals surface area contributed by atoms with Crippen molar-refractivity contribution in [3.8, 4) is 5.75 Å². The Hall–Kier alpha value is -1.19. The highest BCUT2D eigenvalue weighted by atomic mass is 19.2. The standard InChI is InChI=1S/C8H7F3O/c1-2-12-5-3-6(9)8(11)7(10)4-5/h3-4H,2H2,1H3. The summed E-state index contributed by atoms with van der Waals surface area (Å²) in [4.78, 5) is 0. The lowest BCUT2D eigenvalue weighted by atomic mass is 10.3. The van der Waals surface area contributed by atoms with Gasteiger partial charge in [0.15, 0.2) is 17.5 Å². The van der Waals surface area contributed by atoms with Crippen LogP contribution in [0.15, 0.2) is 12.1 Å². The van der Waals surface area contributed by atoms with Crippen LogP contribution in [0.5, 0.6) is 5.75 Å². The van der Waals surface area contributed by atoms with Gasteiger partial charge in [0.05, 0.1) is 6.61 Å². The van der Waals surface area contributed by atoms with Crippen molar-refractivity contribution in [2.75, 3.05) is 6.61 Å². The van der Waals surface area contributed by atoms with Crippen LogP contribution in [0.4, 0.5) is 13.2 Å². The summed E-state index contributed by atoms with van der Waals surface area (Å²) in [7, 11) is 0. The van der Waals surface area contributed by atoms with Crippen LogP contribution in [0.3, 0.4) is 0 Å². The molecule has 1 nitrogen and oxygen atoms in total. The molecule has 4 heteroatoms. The summed E-state index contributed by atoms with van der Waals surface area (Å²) in [6.07, 6.45) is 0. The molecule has 12 heavy (non-hydrogen) atoms. The van der Waals surface area contributed by atoms with Crippen molar-refractivity contribution in [3.05, 3.63) is 29.6 Å². The zero-order valence-electron chi connectivity index (χ0n) is 6.40. The number of halogens is 3. The van der Waals surface area contributed by atoms with E-state index in [2.05, 4.69) is 0 Å². The second-order valence-electron chi connectivity index (χ2n) is 2.13. The molecule has 0 aliphatic rings. The number of hydrogen-bond acceptors (Lipinski definition) is 1. The third-order valence-electron chi connectivity index (χ3n) is 1.27. The third kappa shape index (κ3) is 1.69. The van der Waals surface area contributed by atoms with E-state index in [0.717, 1.165) is 12.1 Å². The maximum atomic E-state index is 12.5. The summed E-state index contributed by atoms with van der Waals surface area (Å²) in [6, 6.07) is 1.61. The van der Waals surface area contributed by atoms with Crippen LogP contribution < -0.4 is 4.74 Å². The maximum absolute atomic E-state index is 12.5. The van der Waals surface area contributed by atoms with Gasteiger partial charge in [-0.15, -0.1) is 0 Å². The first-order valence-corrected chi connectivity index (χ1v) is 3.42. The van der Waals surface area contributed by atoms with Gasteiger partial charge < -0.3 is 4.74 Å². The average molecular weight is 176 g/mol. The van der Waals surface area contributed by atoms with Crippen molar-refractivity contribution in [1.82, 2.24) is 0 Å². The van der Waals surface area contributed by atoms with Crippen LogP contribution in [-0.4, -0.2) is 6.61 Å². The van der Waals surface area contributed by atoms with Crippen molar-refractivity contribution in [2.24, 2.45) is 0 Å². The maximum Gasteiger partial charge on any atom is 0.194 e. The minimum atomic E-state index is -1.47. The van der Waals surface area contributed by atoms with Gasteiger partial charge in [-0.05, 0) is 6.92 Å². The van der Waals surface area contributed by atoms with Gasteiger partial charge in [0, 0.05) is 12.1 Å². The Morgan fingerprint density at radius 3 is 2.08 bits per heavy atom. The molecule has 0 saturated heterocycles. The molecule has 0 aliphatic carbocycles. The molecular weight excluding hydrogens is 169 g/mol. The molecule has 0 N–H and O–H groups in total. The molecule has 0 spiro atoms. The fourth-order valence-electron chi connectivity index (χ4n) is 0.782. The quantitative estimate of drug-likeness (QED) is 0.629. The van der Waals surface area contributed by atoms with Gasteiger partial charge in [-0.3, -0.25) is 0 Å². The lowest BCUT2D eigenvalue weighted by Gasteiger charge is -2.03. The van der Waals surface area contributed by atoms with Crippen LogP contribution in [0.1, 0.15) is 6.92 Å². The summed E-state index contributed by atoms with van der Waals surface area (Å²) in [5, 5.41) is 0. The van der Waals surface area contributed by atoms with Crippen LogP contribution in [0, 0.1) is 17.5 Å². The van der Waals surface area contributed by atoms with Gasteiger partial charge in [0.1, 0.15) is 5.75 Å². The molecule has 0 heterocycles. The highest BCUT2D eigenvalue weighted by Gasteiger charge is 2.10. The molecule has 66 valence electrons. The van der Waals surface area contributed by atoms with Gasteiger partial charge in [-0.25, -0.2) is 13.2 Å². The first-order chi connectivity index (χ1) is 5.65. The minimum absolute atomic E-state index is 0.00565. The largest absolute Gasteiger partial charge is 0.494 e. The molecule has 0 saturated carbocycles. The SMILES string of the molecule is CCOc1cc(F)c(F)c(F)c1. The van der Waals surface area contributed by atoms with Gasteiger partial charge in [-0.2, -0.15) is 0 Å². The highest BCUT2D eigenvalue weighted by Crippen LogP contribution is 2.18. The molecule has 1 aromatic rings. The predicted molar refractivity (Wildman–Crippen MR) is 37.5 cm³/mol. The lowest BCUT2D eigenvalue weighted by molar-refractivity contribution is 0.331. The van der Waals surface area contributed by atoms with Crippen LogP contribution in [0.25, 0.3) is 0 Å². The predicted octanol–water partition coefficient (Wildman–Crippen LogP) is 2.50. The van der Waals surface area contributed by atoms with E-state index >= 15 is 0 Å². The molecule has 1 rings (SSSR count). The second-order valence-corrected chi connectivity index (χ2v) is 2.13. The number of benzene rings is 1. The zero-order chi connectivity index (χ0) is 9.14. The highest BCUT2D eigenvalue weighted by molar-refractivity contribution is 5.24. The van der Waals surface area contributed by atoms with Crippen molar-refractivity contribution in [1.29, 1.82) is 0 Å². The topological polar surface area (TPSA) is 9.23 Å². The van der Waals surface area contributed by atoms with E-state index in [1.807, 2.05) is 0 Å². The molecule has 0 bridgehead atoms. The summed E-state index contributed by atoms with van der Waals surface area (Å²) in [6.45, 7) is 1.95. The molecule has 0 aromatic heterocycles. The number of ether oxygens (including phenoxy) is 1. The molecular formula is C8H7F3O. The first-order valence-electron chi connectivity index (χ1n) is 3.42. The Balaban J connectivity index is 3.04. The Bertz CT molecular complexity index is 263.